The maximum absolute atomic E-state index is 13.7. The zero-order valence-corrected chi connectivity index (χ0v) is 12.3. The maximum atomic E-state index is 13.7. The Morgan fingerprint density at radius 3 is 1.53 bits per heavy atom. The molecule has 0 aliphatic heterocycles. The van der Waals surface area contributed by atoms with E-state index in [9.17, 15) is 19.0 Å². The van der Waals surface area contributed by atoms with E-state index in [1.807, 2.05) is 0 Å². The van der Waals surface area contributed by atoms with Crippen LogP contribution in [0, 0.1) is 11.6 Å². The fraction of sp³-hybridized carbons (Fsp3) is 0. The number of ether oxygens (including phenoxy) is 1. The number of hydrogen-bond donors (Lipinski definition) is 2. The van der Waals surface area contributed by atoms with Gasteiger partial charge in [0.15, 0.2) is 23.0 Å². The van der Waals surface area contributed by atoms with Crippen LogP contribution in [0.3, 0.4) is 0 Å². The molecule has 0 aliphatic rings. The van der Waals surface area contributed by atoms with Crippen LogP contribution in [0.25, 0.3) is 0 Å². The zero-order chi connectivity index (χ0) is 14.2. The Labute approximate surface area is 123 Å². The highest BCUT2D eigenvalue weighted by Gasteiger charge is 2.17. The fourth-order valence-corrected chi connectivity index (χ4v) is 1.93. The van der Waals surface area contributed by atoms with Crippen LogP contribution in [0.15, 0.2) is 33.2 Å². The molecule has 0 bridgehead atoms. The third kappa shape index (κ3) is 2.66. The highest BCUT2D eigenvalue weighted by atomic mass is 79.9. The van der Waals surface area contributed by atoms with Gasteiger partial charge in [-0.1, -0.05) is 0 Å². The standard InChI is InChI=1S/C12H6Br2F2O3/c13-5-1-3-7(9(15)11(5)17)19-8-4-2-6(14)12(18)10(8)16/h1-4,17-18H. The summed E-state index contributed by atoms with van der Waals surface area (Å²) in [6, 6.07) is 5.14. The van der Waals surface area contributed by atoms with E-state index in [-0.39, 0.29) is 20.4 Å². The Morgan fingerprint density at radius 2 is 1.16 bits per heavy atom. The van der Waals surface area contributed by atoms with Crippen molar-refractivity contribution >= 4 is 31.9 Å². The van der Waals surface area contributed by atoms with E-state index < -0.39 is 23.1 Å². The average molecular weight is 396 g/mol. The van der Waals surface area contributed by atoms with Gasteiger partial charge in [-0.25, -0.2) is 0 Å². The molecule has 19 heavy (non-hydrogen) atoms. The molecule has 0 unspecified atom stereocenters. The first-order chi connectivity index (χ1) is 8.91. The molecule has 0 fully saturated rings. The molecule has 0 saturated heterocycles. The molecular weight excluding hydrogens is 390 g/mol. The summed E-state index contributed by atoms with van der Waals surface area (Å²) >= 11 is 5.87. The molecule has 2 N–H and O–H groups in total. The summed E-state index contributed by atoms with van der Waals surface area (Å²) in [7, 11) is 0. The first-order valence-corrected chi connectivity index (χ1v) is 6.52. The van der Waals surface area contributed by atoms with E-state index in [4.69, 9.17) is 4.74 Å². The number of hydrogen-bond acceptors (Lipinski definition) is 3. The number of halogens is 4. The van der Waals surface area contributed by atoms with Gasteiger partial charge in [0.05, 0.1) is 8.95 Å². The van der Waals surface area contributed by atoms with Crippen LogP contribution in [-0.4, -0.2) is 10.2 Å². The van der Waals surface area contributed by atoms with Crippen molar-refractivity contribution in [3.8, 4) is 23.0 Å². The molecule has 0 heterocycles. The lowest BCUT2D eigenvalue weighted by molar-refractivity contribution is 0.368. The van der Waals surface area contributed by atoms with Crippen LogP contribution < -0.4 is 4.74 Å². The van der Waals surface area contributed by atoms with Crippen molar-refractivity contribution in [3.05, 3.63) is 44.8 Å². The molecule has 0 saturated carbocycles. The first kappa shape index (κ1) is 14.1. The van der Waals surface area contributed by atoms with Gasteiger partial charge in [0.25, 0.3) is 0 Å². The molecule has 2 aromatic carbocycles. The minimum atomic E-state index is -1.03. The number of rotatable bonds is 2. The van der Waals surface area contributed by atoms with Gasteiger partial charge in [0, 0.05) is 0 Å². The molecule has 2 aromatic rings. The van der Waals surface area contributed by atoms with Gasteiger partial charge in [0.2, 0.25) is 11.6 Å². The molecule has 0 atom stereocenters. The quantitative estimate of drug-likeness (QED) is 0.775. The normalized spacial score (nSPS) is 10.5. The molecular formula is C12H6Br2F2O3. The van der Waals surface area contributed by atoms with Crippen molar-refractivity contribution in [3.63, 3.8) is 0 Å². The SMILES string of the molecule is Oc1c(Br)ccc(Oc2ccc(Br)c(O)c2F)c1F. The summed E-state index contributed by atoms with van der Waals surface area (Å²) in [6.45, 7) is 0. The van der Waals surface area contributed by atoms with Crippen molar-refractivity contribution in [2.24, 2.45) is 0 Å². The molecule has 0 amide bonds. The Morgan fingerprint density at radius 1 is 0.789 bits per heavy atom. The van der Waals surface area contributed by atoms with Gasteiger partial charge in [-0.05, 0) is 56.1 Å². The Hall–Kier alpha value is -1.34. The summed E-state index contributed by atoms with van der Waals surface area (Å²) in [5, 5.41) is 18.8. The van der Waals surface area contributed by atoms with Crippen molar-refractivity contribution in [1.82, 2.24) is 0 Å². The van der Waals surface area contributed by atoms with Crippen molar-refractivity contribution in [2.45, 2.75) is 0 Å². The van der Waals surface area contributed by atoms with Crippen molar-refractivity contribution in [2.75, 3.05) is 0 Å². The molecule has 3 nitrogen and oxygen atoms in total. The summed E-state index contributed by atoms with van der Waals surface area (Å²) in [5.74, 6) is -4.06. The highest BCUT2D eigenvalue weighted by Crippen LogP contribution is 2.38. The van der Waals surface area contributed by atoms with Crippen LogP contribution in [-0.2, 0) is 0 Å². The van der Waals surface area contributed by atoms with Crippen molar-refractivity contribution in [1.29, 1.82) is 0 Å². The van der Waals surface area contributed by atoms with E-state index in [1.54, 1.807) is 0 Å². The summed E-state index contributed by atoms with van der Waals surface area (Å²) in [5.41, 5.74) is 0. The minimum Gasteiger partial charge on any atom is -0.504 e. The van der Waals surface area contributed by atoms with Crippen LogP contribution in [0.4, 0.5) is 8.78 Å². The summed E-state index contributed by atoms with van der Waals surface area (Å²) < 4.78 is 32.6. The topological polar surface area (TPSA) is 49.7 Å². The van der Waals surface area contributed by atoms with Gasteiger partial charge in [-0.2, -0.15) is 8.78 Å². The molecule has 0 aliphatic carbocycles. The molecule has 0 spiro atoms. The van der Waals surface area contributed by atoms with E-state index in [2.05, 4.69) is 31.9 Å². The van der Waals surface area contributed by atoms with Gasteiger partial charge in [0.1, 0.15) is 0 Å². The second-order valence-electron chi connectivity index (χ2n) is 3.52. The maximum Gasteiger partial charge on any atom is 0.208 e. The minimum absolute atomic E-state index is 0.150. The Balaban J connectivity index is 2.43. The Kier molecular flexibility index (Phi) is 3.96. The zero-order valence-electron chi connectivity index (χ0n) is 9.12. The summed E-state index contributed by atoms with van der Waals surface area (Å²) in [6.07, 6.45) is 0. The second kappa shape index (κ2) is 5.34. The van der Waals surface area contributed by atoms with Crippen LogP contribution >= 0.6 is 31.9 Å². The lowest BCUT2D eigenvalue weighted by atomic mass is 10.3. The number of aromatic hydroxyl groups is 2. The number of phenols is 2. The fourth-order valence-electron chi connectivity index (χ4n) is 1.32. The summed E-state index contributed by atoms with van der Waals surface area (Å²) in [4.78, 5) is 0. The lowest BCUT2D eigenvalue weighted by Crippen LogP contribution is -1.92. The lowest BCUT2D eigenvalue weighted by Gasteiger charge is -2.10. The van der Waals surface area contributed by atoms with E-state index in [0.29, 0.717) is 0 Å². The smallest absolute Gasteiger partial charge is 0.208 e. The van der Waals surface area contributed by atoms with Crippen LogP contribution in [0.5, 0.6) is 23.0 Å². The molecule has 100 valence electrons. The Bertz CT molecular complexity index is 592. The van der Waals surface area contributed by atoms with E-state index in [1.165, 1.54) is 24.3 Å². The molecule has 0 aromatic heterocycles. The molecule has 7 heteroatoms. The van der Waals surface area contributed by atoms with Gasteiger partial charge in [-0.3, -0.25) is 0 Å². The third-order valence-electron chi connectivity index (χ3n) is 2.28. The van der Waals surface area contributed by atoms with E-state index in [0.717, 1.165) is 0 Å². The number of phenolic OH excluding ortho intramolecular Hbond substituents is 2. The number of benzene rings is 2. The monoisotopic (exact) mass is 394 g/mol. The van der Waals surface area contributed by atoms with Gasteiger partial charge >= 0.3 is 0 Å². The third-order valence-corrected chi connectivity index (χ3v) is 3.56. The molecule has 0 radical (unpaired) electrons. The second-order valence-corrected chi connectivity index (χ2v) is 5.23. The predicted octanol–water partition coefficient (Wildman–Crippen LogP) is 4.69. The predicted molar refractivity (Wildman–Crippen MR) is 71.6 cm³/mol. The largest absolute Gasteiger partial charge is 0.504 e. The average Bonchev–Trinajstić information content (AvgIpc) is 2.39. The molecule has 2 rings (SSSR count). The highest BCUT2D eigenvalue weighted by molar-refractivity contribution is 9.10. The first-order valence-electron chi connectivity index (χ1n) is 4.93. The van der Waals surface area contributed by atoms with Gasteiger partial charge < -0.3 is 14.9 Å². The van der Waals surface area contributed by atoms with Crippen molar-refractivity contribution < 1.29 is 23.7 Å². The van der Waals surface area contributed by atoms with Crippen LogP contribution in [0.2, 0.25) is 0 Å². The van der Waals surface area contributed by atoms with E-state index >= 15 is 0 Å². The van der Waals surface area contributed by atoms with Gasteiger partial charge in [-0.15, -0.1) is 0 Å². The van der Waals surface area contributed by atoms with Crippen LogP contribution in [0.1, 0.15) is 0 Å².